The molecule has 0 spiro atoms. The minimum Gasteiger partial charge on any atom is -0.360 e. The minimum absolute atomic E-state index is 0.562. The maximum Gasteiger partial charge on any atom is 0.137 e. The number of H-pyrrole nitrogens is 2. The summed E-state index contributed by atoms with van der Waals surface area (Å²) in [4.78, 5) is 10.8. The van der Waals surface area contributed by atoms with Gasteiger partial charge in [-0.2, -0.15) is 0 Å². The molecule has 2 heterocycles. The molecular formula is C14H14N4. The molecule has 3 rings (SSSR count). The Labute approximate surface area is 105 Å². The van der Waals surface area contributed by atoms with Crippen molar-refractivity contribution in [2.75, 3.05) is 0 Å². The summed E-state index contributed by atoms with van der Waals surface area (Å²) in [5, 5.41) is 0. The van der Waals surface area contributed by atoms with Crippen LogP contribution in [0, 0.1) is 0 Å². The fraction of sp³-hybridized carbons (Fsp3) is 0.0714. The lowest BCUT2D eigenvalue weighted by Crippen LogP contribution is -1.95. The van der Waals surface area contributed by atoms with Crippen molar-refractivity contribution in [2.45, 2.75) is 6.54 Å². The number of nitrogens with zero attached hydrogens (tertiary/aromatic N) is 1. The zero-order valence-corrected chi connectivity index (χ0v) is 9.85. The number of hydrogen-bond acceptors (Lipinski definition) is 2. The predicted octanol–water partition coefficient (Wildman–Crippen LogP) is 2.53. The molecular weight excluding hydrogens is 224 g/mol. The largest absolute Gasteiger partial charge is 0.360 e. The van der Waals surface area contributed by atoms with Gasteiger partial charge < -0.3 is 15.7 Å². The van der Waals surface area contributed by atoms with Gasteiger partial charge in [0.25, 0.3) is 0 Å². The zero-order chi connectivity index (χ0) is 12.4. The smallest absolute Gasteiger partial charge is 0.137 e. The molecule has 0 aliphatic carbocycles. The summed E-state index contributed by atoms with van der Waals surface area (Å²) in [5.74, 6) is 0.864. The van der Waals surface area contributed by atoms with Gasteiger partial charge in [0.1, 0.15) is 5.82 Å². The van der Waals surface area contributed by atoms with Crippen LogP contribution in [0.1, 0.15) is 5.56 Å². The van der Waals surface area contributed by atoms with Crippen LogP contribution in [0.4, 0.5) is 0 Å². The highest BCUT2D eigenvalue weighted by atomic mass is 14.9. The summed E-state index contributed by atoms with van der Waals surface area (Å²) in [5.41, 5.74) is 9.78. The highest BCUT2D eigenvalue weighted by Crippen LogP contribution is 2.21. The third-order valence-electron chi connectivity index (χ3n) is 2.93. The molecule has 0 aliphatic heterocycles. The Morgan fingerprint density at radius 1 is 1.06 bits per heavy atom. The molecule has 0 atom stereocenters. The Hall–Kier alpha value is -2.33. The molecule has 0 fully saturated rings. The average Bonchev–Trinajstić information content (AvgIpc) is 3.09. The van der Waals surface area contributed by atoms with E-state index in [0.29, 0.717) is 6.54 Å². The van der Waals surface area contributed by atoms with Crippen molar-refractivity contribution in [3.8, 4) is 22.8 Å². The summed E-state index contributed by atoms with van der Waals surface area (Å²) in [6.07, 6.45) is 3.73. The highest BCUT2D eigenvalue weighted by Gasteiger charge is 2.05. The quantitative estimate of drug-likeness (QED) is 0.656. The van der Waals surface area contributed by atoms with E-state index in [2.05, 4.69) is 15.0 Å². The van der Waals surface area contributed by atoms with E-state index in [1.165, 1.54) is 0 Å². The van der Waals surface area contributed by atoms with E-state index in [0.717, 1.165) is 28.3 Å². The van der Waals surface area contributed by atoms with Crippen LogP contribution >= 0.6 is 0 Å². The van der Waals surface area contributed by atoms with Crippen molar-refractivity contribution in [1.29, 1.82) is 0 Å². The second kappa shape index (κ2) is 4.50. The number of aromatic amines is 2. The molecule has 0 aliphatic rings. The summed E-state index contributed by atoms with van der Waals surface area (Å²) < 4.78 is 0. The third-order valence-corrected chi connectivity index (χ3v) is 2.93. The van der Waals surface area contributed by atoms with Crippen molar-refractivity contribution in [1.82, 2.24) is 15.0 Å². The number of nitrogens with one attached hydrogen (secondary N) is 2. The summed E-state index contributed by atoms with van der Waals surface area (Å²) in [6, 6.07) is 12.1. The van der Waals surface area contributed by atoms with E-state index in [4.69, 9.17) is 5.73 Å². The number of aromatic nitrogens is 3. The van der Waals surface area contributed by atoms with E-state index in [-0.39, 0.29) is 0 Å². The van der Waals surface area contributed by atoms with Gasteiger partial charge >= 0.3 is 0 Å². The number of benzene rings is 1. The molecule has 0 bridgehead atoms. The normalized spacial score (nSPS) is 10.7. The topological polar surface area (TPSA) is 70.5 Å². The van der Waals surface area contributed by atoms with E-state index in [9.17, 15) is 0 Å². The van der Waals surface area contributed by atoms with Gasteiger partial charge in [-0.15, -0.1) is 0 Å². The van der Waals surface area contributed by atoms with Crippen molar-refractivity contribution in [3.05, 3.63) is 54.4 Å². The number of nitrogens with two attached hydrogens (primary N) is 1. The Kier molecular flexibility index (Phi) is 2.70. The lowest BCUT2D eigenvalue weighted by Gasteiger charge is -1.99. The highest BCUT2D eigenvalue weighted by molar-refractivity contribution is 5.62. The molecule has 3 aromatic rings. The lowest BCUT2D eigenvalue weighted by atomic mass is 10.1. The fourth-order valence-electron chi connectivity index (χ4n) is 1.90. The lowest BCUT2D eigenvalue weighted by molar-refractivity contribution is 1.07. The van der Waals surface area contributed by atoms with E-state index >= 15 is 0 Å². The Morgan fingerprint density at radius 3 is 2.56 bits per heavy atom. The van der Waals surface area contributed by atoms with Crippen molar-refractivity contribution in [2.24, 2.45) is 5.73 Å². The molecule has 0 radical (unpaired) electrons. The van der Waals surface area contributed by atoms with E-state index < -0.39 is 0 Å². The first-order valence-electron chi connectivity index (χ1n) is 5.85. The van der Waals surface area contributed by atoms with Gasteiger partial charge in [-0.1, -0.05) is 24.3 Å². The minimum atomic E-state index is 0.562. The Balaban J connectivity index is 1.92. The number of rotatable bonds is 3. The summed E-state index contributed by atoms with van der Waals surface area (Å²) >= 11 is 0. The van der Waals surface area contributed by atoms with Crippen LogP contribution < -0.4 is 5.73 Å². The molecule has 0 unspecified atom stereocenters. The second-order valence-corrected chi connectivity index (χ2v) is 4.13. The van der Waals surface area contributed by atoms with Crippen molar-refractivity contribution < 1.29 is 0 Å². The van der Waals surface area contributed by atoms with Gasteiger partial charge in [-0.25, -0.2) is 4.98 Å². The van der Waals surface area contributed by atoms with Crippen LogP contribution in [0.15, 0.2) is 48.8 Å². The molecule has 1 aromatic carbocycles. The first-order valence-corrected chi connectivity index (χ1v) is 5.85. The zero-order valence-electron chi connectivity index (χ0n) is 9.85. The summed E-state index contributed by atoms with van der Waals surface area (Å²) in [6.45, 7) is 0.562. The maximum atomic E-state index is 5.58. The van der Waals surface area contributed by atoms with Gasteiger partial charge in [0, 0.05) is 18.3 Å². The van der Waals surface area contributed by atoms with E-state index in [1.807, 2.05) is 48.8 Å². The fourth-order valence-corrected chi connectivity index (χ4v) is 1.90. The second-order valence-electron chi connectivity index (χ2n) is 4.13. The average molecular weight is 238 g/mol. The molecule has 4 nitrogen and oxygen atoms in total. The van der Waals surface area contributed by atoms with Crippen LogP contribution in [-0.2, 0) is 6.54 Å². The molecule has 0 saturated carbocycles. The van der Waals surface area contributed by atoms with Crippen LogP contribution in [0.5, 0.6) is 0 Å². The Bertz CT molecular complexity index is 620. The van der Waals surface area contributed by atoms with E-state index in [1.54, 1.807) is 0 Å². The Morgan fingerprint density at radius 2 is 1.89 bits per heavy atom. The first kappa shape index (κ1) is 10.8. The van der Waals surface area contributed by atoms with Crippen LogP contribution in [-0.4, -0.2) is 15.0 Å². The molecule has 0 saturated heterocycles. The standard InChI is InChI=1S/C14H14N4/c15-8-10-3-5-11(6-4-10)14-17-9-13(18-14)12-2-1-7-16-12/h1-7,9,16H,8,15H2,(H,17,18). The monoisotopic (exact) mass is 238 g/mol. The molecule has 2 aromatic heterocycles. The van der Waals surface area contributed by atoms with Crippen LogP contribution in [0.25, 0.3) is 22.8 Å². The number of imidazole rings is 1. The van der Waals surface area contributed by atoms with Crippen LogP contribution in [0.2, 0.25) is 0 Å². The van der Waals surface area contributed by atoms with Crippen molar-refractivity contribution >= 4 is 0 Å². The third kappa shape index (κ3) is 1.94. The SMILES string of the molecule is NCc1ccc(-c2ncc(-c3ccc[nH]3)[nH]2)cc1. The molecule has 4 heteroatoms. The summed E-state index contributed by atoms with van der Waals surface area (Å²) in [7, 11) is 0. The van der Waals surface area contributed by atoms with Gasteiger partial charge in [-0.3, -0.25) is 0 Å². The molecule has 90 valence electrons. The maximum absolute atomic E-state index is 5.58. The van der Waals surface area contributed by atoms with Gasteiger partial charge in [0.05, 0.1) is 17.6 Å². The van der Waals surface area contributed by atoms with Gasteiger partial charge in [0.2, 0.25) is 0 Å². The predicted molar refractivity (Wildman–Crippen MR) is 71.7 cm³/mol. The first-order chi connectivity index (χ1) is 8.86. The van der Waals surface area contributed by atoms with Crippen LogP contribution in [0.3, 0.4) is 0 Å². The van der Waals surface area contributed by atoms with Crippen molar-refractivity contribution in [3.63, 3.8) is 0 Å². The number of hydrogen-bond donors (Lipinski definition) is 3. The molecule has 4 N–H and O–H groups in total. The van der Waals surface area contributed by atoms with Gasteiger partial charge in [-0.05, 0) is 17.7 Å². The molecule has 18 heavy (non-hydrogen) atoms. The molecule has 0 amide bonds. The van der Waals surface area contributed by atoms with Gasteiger partial charge in [0.15, 0.2) is 0 Å².